The van der Waals surface area contributed by atoms with Gasteiger partial charge in [0, 0.05) is 29.7 Å². The number of likely N-dealkylation sites (tertiary alicyclic amines) is 1. The van der Waals surface area contributed by atoms with E-state index in [0.717, 1.165) is 30.1 Å². The zero-order chi connectivity index (χ0) is 18.7. The van der Waals surface area contributed by atoms with E-state index in [2.05, 4.69) is 20.5 Å². The number of aryl methyl sites for hydroxylation is 2. The Balaban J connectivity index is 1.58. The van der Waals surface area contributed by atoms with Crippen LogP contribution in [0.15, 0.2) is 18.2 Å². The van der Waals surface area contributed by atoms with E-state index in [4.69, 9.17) is 11.6 Å². The molecule has 3 rings (SSSR count). The number of aromatic nitrogens is 3. The van der Waals surface area contributed by atoms with E-state index in [1.54, 1.807) is 17.0 Å². The number of aromatic amines is 1. The summed E-state index contributed by atoms with van der Waals surface area (Å²) in [5.74, 6) is 1.09. The molecule has 138 valence electrons. The molecule has 1 aliphatic heterocycles. The minimum atomic E-state index is -0.337. The number of rotatable bonds is 4. The molecule has 1 atom stereocenters. The predicted octanol–water partition coefficient (Wildman–Crippen LogP) is 2.81. The molecule has 0 bridgehead atoms. The molecule has 2 N–H and O–H groups in total. The van der Waals surface area contributed by atoms with Gasteiger partial charge in [-0.05, 0) is 44.4 Å². The molecule has 1 unspecified atom stereocenters. The number of halogens is 1. The summed E-state index contributed by atoms with van der Waals surface area (Å²) in [6.45, 7) is 4.92. The molecule has 1 aromatic heterocycles. The van der Waals surface area contributed by atoms with Crippen LogP contribution in [0, 0.1) is 13.8 Å². The number of anilines is 1. The normalized spacial score (nSPS) is 17.2. The van der Waals surface area contributed by atoms with Gasteiger partial charge in [-0.2, -0.15) is 5.10 Å². The van der Waals surface area contributed by atoms with E-state index >= 15 is 0 Å². The highest BCUT2D eigenvalue weighted by Gasteiger charge is 2.28. The van der Waals surface area contributed by atoms with E-state index in [0.29, 0.717) is 23.8 Å². The van der Waals surface area contributed by atoms with Crippen molar-refractivity contribution in [2.45, 2.75) is 39.0 Å². The highest BCUT2D eigenvalue weighted by atomic mass is 35.5. The molecular formula is C18H22ClN5O2. The Morgan fingerprint density at radius 1 is 1.38 bits per heavy atom. The molecule has 1 fully saturated rings. The molecule has 8 heteroatoms. The van der Waals surface area contributed by atoms with Gasteiger partial charge in [0.25, 0.3) is 0 Å². The Morgan fingerprint density at radius 3 is 2.92 bits per heavy atom. The number of amides is 2. The fourth-order valence-corrected chi connectivity index (χ4v) is 3.30. The quantitative estimate of drug-likeness (QED) is 0.804. The van der Waals surface area contributed by atoms with Gasteiger partial charge in [0.1, 0.15) is 12.2 Å². The first kappa shape index (κ1) is 18.4. The number of carbonyl (C=O) groups is 2. The van der Waals surface area contributed by atoms with Crippen molar-refractivity contribution in [3.63, 3.8) is 0 Å². The van der Waals surface area contributed by atoms with Crippen LogP contribution in [0.2, 0.25) is 5.02 Å². The standard InChI is InChI=1S/C18H22ClN5O2/c1-11-5-6-14(19)8-15(11)21-16(25)9-17(26)24-7-3-4-13(10-24)18-20-12(2)22-23-18/h5-6,8,13H,3-4,7,9-10H2,1-2H3,(H,21,25)(H,20,22,23). The molecule has 1 saturated heterocycles. The third-order valence-corrected chi connectivity index (χ3v) is 4.77. The maximum atomic E-state index is 12.5. The highest BCUT2D eigenvalue weighted by molar-refractivity contribution is 6.31. The molecule has 1 aromatic carbocycles. The summed E-state index contributed by atoms with van der Waals surface area (Å²) >= 11 is 5.96. The lowest BCUT2D eigenvalue weighted by Crippen LogP contribution is -2.40. The van der Waals surface area contributed by atoms with E-state index < -0.39 is 0 Å². The third-order valence-electron chi connectivity index (χ3n) is 4.54. The summed E-state index contributed by atoms with van der Waals surface area (Å²) in [5.41, 5.74) is 1.52. The maximum Gasteiger partial charge on any atom is 0.233 e. The molecule has 2 aromatic rings. The number of H-pyrrole nitrogens is 1. The lowest BCUT2D eigenvalue weighted by molar-refractivity contribution is -0.135. The number of nitrogens with one attached hydrogen (secondary N) is 2. The zero-order valence-electron chi connectivity index (χ0n) is 14.9. The van der Waals surface area contributed by atoms with Gasteiger partial charge in [0.15, 0.2) is 5.82 Å². The van der Waals surface area contributed by atoms with Gasteiger partial charge in [-0.15, -0.1) is 0 Å². The fraction of sp³-hybridized carbons (Fsp3) is 0.444. The van der Waals surface area contributed by atoms with Crippen LogP contribution in [0.3, 0.4) is 0 Å². The number of hydrogen-bond donors (Lipinski definition) is 2. The van der Waals surface area contributed by atoms with E-state index in [1.807, 2.05) is 19.9 Å². The zero-order valence-corrected chi connectivity index (χ0v) is 15.6. The molecule has 7 nitrogen and oxygen atoms in total. The summed E-state index contributed by atoms with van der Waals surface area (Å²) < 4.78 is 0. The van der Waals surface area contributed by atoms with Crippen molar-refractivity contribution >= 4 is 29.1 Å². The Labute approximate surface area is 157 Å². The number of hydrogen-bond acceptors (Lipinski definition) is 4. The molecule has 1 aliphatic rings. The molecule has 0 aliphatic carbocycles. The van der Waals surface area contributed by atoms with Crippen LogP contribution in [0.5, 0.6) is 0 Å². The average Bonchev–Trinajstić information content (AvgIpc) is 3.04. The summed E-state index contributed by atoms with van der Waals surface area (Å²) in [4.78, 5) is 30.9. The van der Waals surface area contributed by atoms with Crippen molar-refractivity contribution < 1.29 is 9.59 Å². The van der Waals surface area contributed by atoms with Crippen LogP contribution in [0.25, 0.3) is 0 Å². The van der Waals surface area contributed by atoms with E-state index in [-0.39, 0.29) is 24.2 Å². The second-order valence-corrected chi connectivity index (χ2v) is 7.08. The summed E-state index contributed by atoms with van der Waals surface area (Å²) in [7, 11) is 0. The van der Waals surface area contributed by atoms with Crippen LogP contribution < -0.4 is 5.32 Å². The van der Waals surface area contributed by atoms with Crippen LogP contribution in [-0.4, -0.2) is 45.0 Å². The second-order valence-electron chi connectivity index (χ2n) is 6.64. The summed E-state index contributed by atoms with van der Waals surface area (Å²) in [6.07, 6.45) is 1.62. The molecule has 2 heterocycles. The SMILES string of the molecule is Cc1nc(C2CCCN(C(=O)CC(=O)Nc3cc(Cl)ccc3C)C2)n[nH]1. The second kappa shape index (κ2) is 7.86. The topological polar surface area (TPSA) is 91.0 Å². The van der Waals surface area contributed by atoms with Gasteiger partial charge in [-0.25, -0.2) is 4.98 Å². The Hall–Kier alpha value is -2.41. The number of carbonyl (C=O) groups excluding carboxylic acids is 2. The Bertz CT molecular complexity index is 820. The Kier molecular flexibility index (Phi) is 5.56. The molecule has 2 amide bonds. The largest absolute Gasteiger partial charge is 0.342 e. The van der Waals surface area contributed by atoms with Crippen molar-refractivity contribution in [1.29, 1.82) is 0 Å². The van der Waals surface area contributed by atoms with Gasteiger partial charge in [-0.1, -0.05) is 17.7 Å². The lowest BCUT2D eigenvalue weighted by atomic mass is 9.97. The van der Waals surface area contributed by atoms with Crippen LogP contribution in [-0.2, 0) is 9.59 Å². The van der Waals surface area contributed by atoms with Crippen molar-refractivity contribution in [2.75, 3.05) is 18.4 Å². The Morgan fingerprint density at radius 2 is 2.19 bits per heavy atom. The summed E-state index contributed by atoms with van der Waals surface area (Å²) in [5, 5.41) is 10.3. The number of nitrogens with zero attached hydrogens (tertiary/aromatic N) is 3. The average molecular weight is 376 g/mol. The minimum absolute atomic E-state index is 0.107. The van der Waals surface area contributed by atoms with Gasteiger partial charge in [0.05, 0.1) is 0 Å². The smallest absolute Gasteiger partial charge is 0.233 e. The first-order chi connectivity index (χ1) is 12.4. The third kappa shape index (κ3) is 4.40. The first-order valence-corrected chi connectivity index (χ1v) is 9.03. The van der Waals surface area contributed by atoms with Crippen molar-refractivity contribution in [3.05, 3.63) is 40.4 Å². The van der Waals surface area contributed by atoms with Gasteiger partial charge >= 0.3 is 0 Å². The minimum Gasteiger partial charge on any atom is -0.342 e. The first-order valence-electron chi connectivity index (χ1n) is 8.65. The van der Waals surface area contributed by atoms with Crippen LogP contribution >= 0.6 is 11.6 Å². The van der Waals surface area contributed by atoms with Crippen molar-refractivity contribution in [2.24, 2.45) is 0 Å². The van der Waals surface area contributed by atoms with Crippen LogP contribution in [0.4, 0.5) is 5.69 Å². The summed E-state index contributed by atoms with van der Waals surface area (Å²) in [6, 6.07) is 5.27. The van der Waals surface area contributed by atoms with Crippen molar-refractivity contribution in [1.82, 2.24) is 20.1 Å². The van der Waals surface area contributed by atoms with Gasteiger partial charge < -0.3 is 10.2 Å². The van der Waals surface area contributed by atoms with E-state index in [9.17, 15) is 9.59 Å². The lowest BCUT2D eigenvalue weighted by Gasteiger charge is -2.31. The van der Waals surface area contributed by atoms with E-state index in [1.165, 1.54) is 0 Å². The monoisotopic (exact) mass is 375 g/mol. The molecule has 0 saturated carbocycles. The highest BCUT2D eigenvalue weighted by Crippen LogP contribution is 2.25. The van der Waals surface area contributed by atoms with Crippen molar-refractivity contribution in [3.8, 4) is 0 Å². The fourth-order valence-electron chi connectivity index (χ4n) is 3.13. The molecule has 26 heavy (non-hydrogen) atoms. The van der Waals surface area contributed by atoms with Crippen LogP contribution in [0.1, 0.15) is 42.4 Å². The molecular weight excluding hydrogens is 354 g/mol. The van der Waals surface area contributed by atoms with Gasteiger partial charge in [0.2, 0.25) is 11.8 Å². The number of piperidine rings is 1. The molecule has 0 spiro atoms. The molecule has 0 radical (unpaired) electrons. The number of benzene rings is 1. The maximum absolute atomic E-state index is 12.5. The predicted molar refractivity (Wildman–Crippen MR) is 99.1 cm³/mol. The van der Waals surface area contributed by atoms with Gasteiger partial charge in [-0.3, -0.25) is 14.7 Å².